The van der Waals surface area contributed by atoms with Gasteiger partial charge in [0.05, 0.1) is 12.6 Å². The van der Waals surface area contributed by atoms with E-state index in [2.05, 4.69) is 101 Å². The van der Waals surface area contributed by atoms with E-state index in [9.17, 15) is 0 Å². The normalized spacial score (nSPS) is 11.0. The van der Waals surface area contributed by atoms with Gasteiger partial charge in [0, 0.05) is 0 Å². The lowest BCUT2D eigenvalue weighted by Crippen LogP contribution is -2.30. The molecule has 0 N–H and O–H groups in total. The second-order valence-corrected chi connectivity index (χ2v) is 5.81. The van der Waals surface area contributed by atoms with Crippen molar-refractivity contribution in [3.05, 3.63) is 90.5 Å². The Balaban J connectivity index is 1.97. The number of benzene rings is 3. The molecule has 0 unspecified atom stereocenters. The highest BCUT2D eigenvalue weighted by Crippen LogP contribution is 2.23. The fraction of sp³-hybridized carbons (Fsp3) is 0.0952. The zero-order valence-electron chi connectivity index (χ0n) is 13.2. The molecule has 4 aromatic rings. The Morgan fingerprint density at radius 2 is 1.35 bits per heavy atom. The summed E-state index contributed by atoms with van der Waals surface area (Å²) in [6, 6.07) is 29.8. The Morgan fingerprint density at radius 3 is 2.09 bits per heavy atom. The van der Waals surface area contributed by atoms with Crippen LogP contribution in [0.25, 0.3) is 22.4 Å². The van der Waals surface area contributed by atoms with Gasteiger partial charge in [-0.15, -0.1) is 0 Å². The standard InChI is InChI=1S/C21H19N2/c1-22-19-14-8-9-15-20(19)23(16-17-10-4-2-5-11-17)21(22)18-12-6-3-7-13-18/h2-15H,16H2,1H3/q+1. The molecule has 0 bridgehead atoms. The number of rotatable bonds is 3. The summed E-state index contributed by atoms with van der Waals surface area (Å²) in [5.41, 5.74) is 5.06. The third-order valence-electron chi connectivity index (χ3n) is 4.32. The number of fused-ring (bicyclic) bond motifs is 1. The van der Waals surface area contributed by atoms with Crippen LogP contribution in [0, 0.1) is 0 Å². The molecule has 112 valence electrons. The van der Waals surface area contributed by atoms with Crippen LogP contribution in [0.3, 0.4) is 0 Å². The number of hydrogen-bond acceptors (Lipinski definition) is 0. The minimum atomic E-state index is 0.867. The van der Waals surface area contributed by atoms with Gasteiger partial charge in [-0.05, 0) is 29.8 Å². The molecule has 0 saturated carbocycles. The number of imidazole rings is 1. The van der Waals surface area contributed by atoms with E-state index in [1.54, 1.807) is 0 Å². The van der Waals surface area contributed by atoms with Crippen molar-refractivity contribution in [1.29, 1.82) is 0 Å². The van der Waals surface area contributed by atoms with Gasteiger partial charge < -0.3 is 0 Å². The summed E-state index contributed by atoms with van der Waals surface area (Å²) in [5.74, 6) is 1.23. The first-order valence-corrected chi connectivity index (χ1v) is 7.91. The lowest BCUT2D eigenvalue weighted by molar-refractivity contribution is -0.634. The van der Waals surface area contributed by atoms with E-state index in [1.807, 2.05) is 0 Å². The van der Waals surface area contributed by atoms with E-state index in [-0.39, 0.29) is 0 Å². The summed E-state index contributed by atoms with van der Waals surface area (Å²) in [7, 11) is 2.14. The van der Waals surface area contributed by atoms with Gasteiger partial charge in [-0.3, -0.25) is 0 Å². The maximum atomic E-state index is 2.40. The highest BCUT2D eigenvalue weighted by molar-refractivity contribution is 5.76. The quantitative estimate of drug-likeness (QED) is 0.502. The van der Waals surface area contributed by atoms with Crippen molar-refractivity contribution in [2.75, 3.05) is 0 Å². The van der Waals surface area contributed by atoms with Crippen LogP contribution in [0.15, 0.2) is 84.9 Å². The van der Waals surface area contributed by atoms with Gasteiger partial charge >= 0.3 is 0 Å². The van der Waals surface area contributed by atoms with Crippen molar-refractivity contribution in [1.82, 2.24) is 4.57 Å². The largest absolute Gasteiger partial charge is 0.289 e. The van der Waals surface area contributed by atoms with Crippen LogP contribution in [0.5, 0.6) is 0 Å². The molecule has 1 heterocycles. The topological polar surface area (TPSA) is 8.81 Å². The van der Waals surface area contributed by atoms with E-state index < -0.39 is 0 Å². The van der Waals surface area contributed by atoms with E-state index in [0.29, 0.717) is 0 Å². The van der Waals surface area contributed by atoms with Crippen molar-refractivity contribution < 1.29 is 4.57 Å². The molecule has 1 aromatic heterocycles. The van der Waals surface area contributed by atoms with Crippen LogP contribution in [0.1, 0.15) is 5.56 Å². The maximum absolute atomic E-state index is 2.40. The van der Waals surface area contributed by atoms with Gasteiger partial charge in [-0.2, -0.15) is 0 Å². The molecule has 2 heteroatoms. The zero-order valence-corrected chi connectivity index (χ0v) is 13.2. The minimum Gasteiger partial charge on any atom is -0.226 e. The Bertz CT molecular complexity index is 938. The van der Waals surface area contributed by atoms with Gasteiger partial charge in [0.15, 0.2) is 11.0 Å². The average molecular weight is 299 g/mol. The Kier molecular flexibility index (Phi) is 3.43. The summed E-state index contributed by atoms with van der Waals surface area (Å²) in [6.45, 7) is 0.867. The second kappa shape index (κ2) is 5.73. The van der Waals surface area contributed by atoms with Crippen molar-refractivity contribution in [2.45, 2.75) is 6.54 Å². The van der Waals surface area contributed by atoms with Gasteiger partial charge in [0.2, 0.25) is 0 Å². The summed E-state index contributed by atoms with van der Waals surface area (Å²) < 4.78 is 4.69. The second-order valence-electron chi connectivity index (χ2n) is 5.81. The third-order valence-corrected chi connectivity index (χ3v) is 4.32. The van der Waals surface area contributed by atoms with E-state index in [1.165, 1.54) is 28.0 Å². The Morgan fingerprint density at radius 1 is 0.739 bits per heavy atom. The number of para-hydroxylation sites is 2. The number of aromatic nitrogens is 2. The molecule has 2 nitrogen and oxygen atoms in total. The Hall–Kier alpha value is -2.87. The highest BCUT2D eigenvalue weighted by Gasteiger charge is 2.23. The van der Waals surface area contributed by atoms with Crippen molar-refractivity contribution in [2.24, 2.45) is 7.05 Å². The lowest BCUT2D eigenvalue weighted by atomic mass is 10.2. The maximum Gasteiger partial charge on any atom is 0.289 e. The molecule has 0 aliphatic heterocycles. The van der Waals surface area contributed by atoms with Gasteiger partial charge in [0.1, 0.15) is 6.54 Å². The third kappa shape index (κ3) is 2.42. The zero-order chi connectivity index (χ0) is 15.6. The first-order chi connectivity index (χ1) is 11.3. The van der Waals surface area contributed by atoms with Gasteiger partial charge in [-0.25, -0.2) is 9.13 Å². The molecule has 23 heavy (non-hydrogen) atoms. The van der Waals surface area contributed by atoms with Crippen molar-refractivity contribution >= 4 is 11.0 Å². The molecule has 0 saturated heterocycles. The molecule has 0 radical (unpaired) electrons. The van der Waals surface area contributed by atoms with Gasteiger partial charge in [-0.1, -0.05) is 60.7 Å². The highest BCUT2D eigenvalue weighted by atomic mass is 15.2. The molecule has 0 atom stereocenters. The Labute approximate surface area is 136 Å². The van der Waals surface area contributed by atoms with Crippen molar-refractivity contribution in [3.8, 4) is 11.4 Å². The van der Waals surface area contributed by atoms with Crippen LogP contribution >= 0.6 is 0 Å². The minimum absolute atomic E-state index is 0.867. The molecular weight excluding hydrogens is 280 g/mol. The van der Waals surface area contributed by atoms with Crippen LogP contribution in [-0.4, -0.2) is 4.57 Å². The van der Waals surface area contributed by atoms with E-state index >= 15 is 0 Å². The first-order valence-electron chi connectivity index (χ1n) is 7.91. The fourth-order valence-corrected chi connectivity index (χ4v) is 3.25. The monoisotopic (exact) mass is 299 g/mol. The average Bonchev–Trinajstić information content (AvgIpc) is 2.89. The molecule has 0 aliphatic carbocycles. The van der Waals surface area contributed by atoms with Gasteiger partial charge in [0.25, 0.3) is 5.82 Å². The number of nitrogens with zero attached hydrogens (tertiary/aromatic N) is 2. The molecule has 0 aliphatic rings. The van der Waals surface area contributed by atoms with Crippen LogP contribution in [0.2, 0.25) is 0 Å². The number of hydrogen-bond donors (Lipinski definition) is 0. The molecule has 4 rings (SSSR count). The predicted molar refractivity (Wildman–Crippen MR) is 94.1 cm³/mol. The number of aryl methyl sites for hydroxylation is 1. The van der Waals surface area contributed by atoms with Crippen LogP contribution in [-0.2, 0) is 13.6 Å². The smallest absolute Gasteiger partial charge is 0.226 e. The summed E-state index contributed by atoms with van der Waals surface area (Å²) in [4.78, 5) is 0. The van der Waals surface area contributed by atoms with E-state index in [0.717, 1.165) is 6.54 Å². The fourth-order valence-electron chi connectivity index (χ4n) is 3.25. The summed E-state index contributed by atoms with van der Waals surface area (Å²) >= 11 is 0. The summed E-state index contributed by atoms with van der Waals surface area (Å²) in [6.07, 6.45) is 0. The van der Waals surface area contributed by atoms with E-state index in [4.69, 9.17) is 0 Å². The van der Waals surface area contributed by atoms with Crippen molar-refractivity contribution in [3.63, 3.8) is 0 Å². The first kappa shape index (κ1) is 13.8. The summed E-state index contributed by atoms with van der Waals surface area (Å²) in [5, 5.41) is 0. The molecule has 0 fully saturated rings. The SMILES string of the molecule is C[n+]1c(-c2ccccc2)n(Cc2ccccc2)c2ccccc21. The molecule has 3 aromatic carbocycles. The molecule has 0 amide bonds. The lowest BCUT2D eigenvalue weighted by Gasteiger charge is -2.04. The molecule has 0 spiro atoms. The van der Waals surface area contributed by atoms with Crippen LogP contribution in [0.4, 0.5) is 0 Å². The molecular formula is C21H19N2+. The van der Waals surface area contributed by atoms with Crippen LogP contribution < -0.4 is 4.57 Å². The predicted octanol–water partition coefficient (Wildman–Crippen LogP) is 4.18.